The molecule has 0 atom stereocenters. The topological polar surface area (TPSA) is 72.2 Å². The molecular weight excluding hydrogens is 296 g/mol. The lowest BCUT2D eigenvalue weighted by Crippen LogP contribution is -2.15. The van der Waals surface area contributed by atoms with Gasteiger partial charge < -0.3 is 5.73 Å². The van der Waals surface area contributed by atoms with Gasteiger partial charge in [-0.2, -0.15) is 0 Å². The fraction of sp³-hybridized carbons (Fsp3) is 0.143. The maximum atomic E-state index is 12.4. The van der Waals surface area contributed by atoms with Crippen LogP contribution in [0.5, 0.6) is 0 Å². The second kappa shape index (κ2) is 5.34. The van der Waals surface area contributed by atoms with Gasteiger partial charge in [0.25, 0.3) is 10.0 Å². The van der Waals surface area contributed by atoms with Crippen molar-refractivity contribution in [3.63, 3.8) is 0 Å². The maximum absolute atomic E-state index is 12.4. The van der Waals surface area contributed by atoms with E-state index in [1.165, 1.54) is 12.1 Å². The van der Waals surface area contributed by atoms with E-state index in [1.54, 1.807) is 31.2 Å². The van der Waals surface area contributed by atoms with Gasteiger partial charge in [-0.15, -0.1) is 0 Å². The summed E-state index contributed by atoms with van der Waals surface area (Å²) >= 11 is 5.94. The SMILES string of the molecule is Cc1ccc(N)c(C)c1NS(=O)(=O)c1ccccc1Cl. The average molecular weight is 311 g/mol. The van der Waals surface area contributed by atoms with Crippen LogP contribution in [-0.2, 0) is 10.0 Å². The highest BCUT2D eigenvalue weighted by Gasteiger charge is 2.19. The standard InChI is InChI=1S/C14H15ClN2O2S/c1-9-7-8-12(16)10(2)14(9)17-20(18,19)13-6-4-3-5-11(13)15/h3-8,17H,16H2,1-2H3. The van der Waals surface area contributed by atoms with Gasteiger partial charge in [-0.25, -0.2) is 8.42 Å². The number of anilines is 2. The van der Waals surface area contributed by atoms with Gasteiger partial charge in [0.2, 0.25) is 0 Å². The molecule has 2 aromatic carbocycles. The zero-order chi connectivity index (χ0) is 14.9. The molecule has 0 bridgehead atoms. The van der Waals surface area contributed by atoms with Crippen molar-refractivity contribution in [3.05, 3.63) is 52.5 Å². The molecule has 4 nitrogen and oxygen atoms in total. The number of nitrogens with one attached hydrogen (secondary N) is 1. The highest BCUT2D eigenvalue weighted by molar-refractivity contribution is 7.92. The molecule has 0 aromatic heterocycles. The molecule has 0 radical (unpaired) electrons. The fourth-order valence-corrected chi connectivity index (χ4v) is 3.59. The second-order valence-electron chi connectivity index (χ2n) is 4.51. The molecule has 0 fully saturated rings. The van der Waals surface area contributed by atoms with Crippen LogP contribution in [0.2, 0.25) is 5.02 Å². The molecule has 0 aliphatic heterocycles. The molecule has 0 saturated heterocycles. The zero-order valence-electron chi connectivity index (χ0n) is 11.1. The van der Waals surface area contributed by atoms with Crippen molar-refractivity contribution in [2.45, 2.75) is 18.7 Å². The lowest BCUT2D eigenvalue weighted by atomic mass is 10.1. The van der Waals surface area contributed by atoms with E-state index in [-0.39, 0.29) is 9.92 Å². The van der Waals surface area contributed by atoms with E-state index < -0.39 is 10.0 Å². The van der Waals surface area contributed by atoms with Crippen LogP contribution in [0.1, 0.15) is 11.1 Å². The largest absolute Gasteiger partial charge is 0.398 e. The molecule has 2 aromatic rings. The summed E-state index contributed by atoms with van der Waals surface area (Å²) in [7, 11) is -3.74. The predicted molar refractivity (Wildman–Crippen MR) is 82.6 cm³/mol. The van der Waals surface area contributed by atoms with Crippen molar-refractivity contribution < 1.29 is 8.42 Å². The van der Waals surface area contributed by atoms with Gasteiger partial charge >= 0.3 is 0 Å². The molecule has 0 saturated carbocycles. The smallest absolute Gasteiger partial charge is 0.263 e. The summed E-state index contributed by atoms with van der Waals surface area (Å²) in [5.74, 6) is 0. The molecule has 2 rings (SSSR count). The highest BCUT2D eigenvalue weighted by atomic mass is 35.5. The van der Waals surface area contributed by atoms with Crippen LogP contribution in [0.4, 0.5) is 11.4 Å². The molecule has 106 valence electrons. The van der Waals surface area contributed by atoms with Crippen LogP contribution in [0, 0.1) is 13.8 Å². The zero-order valence-corrected chi connectivity index (χ0v) is 12.7. The molecular formula is C14H15ClN2O2S. The van der Waals surface area contributed by atoms with Crippen molar-refractivity contribution >= 4 is 33.0 Å². The van der Waals surface area contributed by atoms with E-state index in [2.05, 4.69) is 4.72 Å². The summed E-state index contributed by atoms with van der Waals surface area (Å²) in [4.78, 5) is 0.0443. The Morgan fingerprint density at radius 1 is 1.10 bits per heavy atom. The molecule has 20 heavy (non-hydrogen) atoms. The summed E-state index contributed by atoms with van der Waals surface area (Å²) in [5.41, 5.74) is 8.33. The fourth-order valence-electron chi connectivity index (χ4n) is 1.87. The number of sulfonamides is 1. The summed E-state index contributed by atoms with van der Waals surface area (Å²) < 4.78 is 27.4. The van der Waals surface area contributed by atoms with Crippen LogP contribution in [-0.4, -0.2) is 8.42 Å². The number of aryl methyl sites for hydroxylation is 1. The minimum atomic E-state index is -3.74. The first-order chi connectivity index (χ1) is 9.33. The van der Waals surface area contributed by atoms with Gasteiger partial charge in [0.05, 0.1) is 10.7 Å². The molecule has 0 heterocycles. The van der Waals surface area contributed by atoms with E-state index in [4.69, 9.17) is 17.3 Å². The Labute approximate surface area is 123 Å². The maximum Gasteiger partial charge on any atom is 0.263 e. The van der Waals surface area contributed by atoms with Crippen molar-refractivity contribution in [1.29, 1.82) is 0 Å². The van der Waals surface area contributed by atoms with Gasteiger partial charge in [0, 0.05) is 5.69 Å². The predicted octanol–water partition coefficient (Wildman–Crippen LogP) is 3.34. The van der Waals surface area contributed by atoms with Crippen molar-refractivity contribution in [3.8, 4) is 0 Å². The van der Waals surface area contributed by atoms with Crippen molar-refractivity contribution in [2.24, 2.45) is 0 Å². The summed E-state index contributed by atoms with van der Waals surface area (Å²) in [5, 5.41) is 0.180. The van der Waals surface area contributed by atoms with Crippen LogP contribution >= 0.6 is 11.6 Å². The minimum Gasteiger partial charge on any atom is -0.398 e. The Morgan fingerprint density at radius 3 is 2.40 bits per heavy atom. The Balaban J connectivity index is 2.50. The van der Waals surface area contributed by atoms with Crippen LogP contribution in [0.25, 0.3) is 0 Å². The minimum absolute atomic E-state index is 0.0443. The van der Waals surface area contributed by atoms with E-state index in [9.17, 15) is 8.42 Å². The van der Waals surface area contributed by atoms with Gasteiger partial charge in [0.15, 0.2) is 0 Å². The van der Waals surface area contributed by atoms with Crippen molar-refractivity contribution in [2.75, 3.05) is 10.5 Å². The molecule has 0 amide bonds. The molecule has 0 unspecified atom stereocenters. The van der Waals surface area contributed by atoms with Crippen LogP contribution in [0.15, 0.2) is 41.3 Å². The van der Waals surface area contributed by atoms with Crippen LogP contribution in [0.3, 0.4) is 0 Å². The molecule has 6 heteroatoms. The number of rotatable bonds is 3. The number of hydrogen-bond acceptors (Lipinski definition) is 3. The first-order valence-corrected chi connectivity index (χ1v) is 7.82. The highest BCUT2D eigenvalue weighted by Crippen LogP contribution is 2.29. The Hall–Kier alpha value is -1.72. The van der Waals surface area contributed by atoms with Crippen molar-refractivity contribution in [1.82, 2.24) is 0 Å². The quantitative estimate of drug-likeness (QED) is 0.854. The number of hydrogen-bond donors (Lipinski definition) is 2. The third kappa shape index (κ3) is 2.73. The normalized spacial score (nSPS) is 11.3. The van der Waals surface area contributed by atoms with Gasteiger partial charge in [-0.05, 0) is 43.2 Å². The molecule has 0 spiro atoms. The molecule has 3 N–H and O–H groups in total. The van der Waals surface area contributed by atoms with E-state index in [0.29, 0.717) is 16.9 Å². The van der Waals surface area contributed by atoms with E-state index in [1.807, 2.05) is 6.92 Å². The van der Waals surface area contributed by atoms with Crippen LogP contribution < -0.4 is 10.5 Å². The molecule has 0 aliphatic rings. The Morgan fingerprint density at radius 2 is 1.75 bits per heavy atom. The van der Waals surface area contributed by atoms with E-state index in [0.717, 1.165) is 5.56 Å². The lowest BCUT2D eigenvalue weighted by Gasteiger charge is -2.15. The lowest BCUT2D eigenvalue weighted by molar-refractivity contribution is 0.601. The summed E-state index contributed by atoms with van der Waals surface area (Å²) in [6, 6.07) is 9.82. The van der Waals surface area contributed by atoms with Gasteiger partial charge in [0.1, 0.15) is 4.90 Å². The molecule has 0 aliphatic carbocycles. The van der Waals surface area contributed by atoms with Gasteiger partial charge in [-0.1, -0.05) is 29.8 Å². The third-order valence-electron chi connectivity index (χ3n) is 3.08. The van der Waals surface area contributed by atoms with Gasteiger partial charge in [-0.3, -0.25) is 4.72 Å². The second-order valence-corrected chi connectivity index (χ2v) is 6.57. The number of benzene rings is 2. The number of nitrogens with two attached hydrogens (primary N) is 1. The monoisotopic (exact) mass is 310 g/mol. The first-order valence-electron chi connectivity index (χ1n) is 5.96. The third-order valence-corrected chi connectivity index (χ3v) is 4.93. The first kappa shape index (κ1) is 14.7. The number of halogens is 1. The Kier molecular flexibility index (Phi) is 3.92. The summed E-state index contributed by atoms with van der Waals surface area (Å²) in [6.07, 6.45) is 0. The summed E-state index contributed by atoms with van der Waals surface area (Å²) in [6.45, 7) is 3.59. The number of nitrogen functional groups attached to an aromatic ring is 1. The Bertz CT molecular complexity index is 758. The van der Waals surface area contributed by atoms with E-state index >= 15 is 0 Å². The average Bonchev–Trinajstić information content (AvgIpc) is 2.39.